The summed E-state index contributed by atoms with van der Waals surface area (Å²) in [6, 6.07) is 75.3. The van der Waals surface area contributed by atoms with Crippen LogP contribution in [0.5, 0.6) is 11.5 Å². The zero-order valence-electron chi connectivity index (χ0n) is 45.4. The Morgan fingerprint density at radius 2 is 0.885 bits per heavy atom. The van der Waals surface area contributed by atoms with Gasteiger partial charge in [-0.25, -0.2) is 0 Å². The number of nitrogens with zero attached hydrogens (tertiary/aromatic N) is 3. The van der Waals surface area contributed by atoms with Gasteiger partial charge >= 0.3 is 0 Å². The predicted molar refractivity (Wildman–Crippen MR) is 330 cm³/mol. The lowest BCUT2D eigenvalue weighted by atomic mass is 9.30. The van der Waals surface area contributed by atoms with Gasteiger partial charge in [-0.2, -0.15) is 0 Å². The molecule has 7 heteroatoms. The molecule has 78 heavy (non-hydrogen) atoms. The van der Waals surface area contributed by atoms with Crippen LogP contribution in [0.4, 0.5) is 51.2 Å². The van der Waals surface area contributed by atoms with Crippen LogP contribution in [-0.4, -0.2) is 13.4 Å². The third-order valence-electron chi connectivity index (χ3n) is 18.2. The first-order valence-electron chi connectivity index (χ1n) is 27.8. The number of para-hydroxylation sites is 4. The molecular formula is C71H60B2N4O. The maximum Gasteiger partial charge on any atom is 0.256 e. The van der Waals surface area contributed by atoms with Gasteiger partial charge in [-0.05, 0) is 220 Å². The summed E-state index contributed by atoms with van der Waals surface area (Å²) in [6.45, 7) is 15.7. The Kier molecular flexibility index (Phi) is 10.2. The highest BCUT2D eigenvalue weighted by atomic mass is 16.5. The summed E-state index contributed by atoms with van der Waals surface area (Å²) >= 11 is 0. The second kappa shape index (κ2) is 17.0. The highest BCUT2D eigenvalue weighted by Gasteiger charge is 2.48. The Balaban J connectivity index is 1.06. The molecule has 5 nitrogen and oxygen atoms in total. The first-order chi connectivity index (χ1) is 37.8. The molecule has 15 rings (SSSR count). The van der Waals surface area contributed by atoms with Gasteiger partial charge in [0, 0.05) is 56.7 Å². The van der Waals surface area contributed by atoms with Gasteiger partial charge in [0.2, 0.25) is 0 Å². The summed E-state index contributed by atoms with van der Waals surface area (Å²) in [6.07, 6.45) is 1.98. The molecule has 10 aromatic rings. The molecule has 0 amide bonds. The van der Waals surface area contributed by atoms with Crippen molar-refractivity contribution in [2.75, 3.05) is 14.7 Å². The maximum absolute atomic E-state index is 7.35. The van der Waals surface area contributed by atoms with Crippen molar-refractivity contribution >= 4 is 97.4 Å². The summed E-state index contributed by atoms with van der Waals surface area (Å²) in [5.74, 6) is 1.80. The van der Waals surface area contributed by atoms with Gasteiger partial charge in [-0.15, -0.1) is 0 Å². The van der Waals surface area contributed by atoms with Crippen LogP contribution in [0.2, 0.25) is 0 Å². The largest absolute Gasteiger partial charge is 0.458 e. The molecule has 0 spiro atoms. The number of nitrogens with two attached hydrogens (primary N) is 1. The molecule has 4 aliphatic heterocycles. The van der Waals surface area contributed by atoms with E-state index < -0.39 is 5.54 Å². The normalized spacial score (nSPS) is 16.7. The van der Waals surface area contributed by atoms with Crippen molar-refractivity contribution in [1.82, 2.24) is 0 Å². The highest BCUT2D eigenvalue weighted by molar-refractivity contribution is 7.02. The van der Waals surface area contributed by atoms with Crippen molar-refractivity contribution in [1.29, 1.82) is 0 Å². The number of hydrogen-bond acceptors (Lipinski definition) is 5. The van der Waals surface area contributed by atoms with Gasteiger partial charge < -0.3 is 25.2 Å². The van der Waals surface area contributed by atoms with Crippen LogP contribution in [0.25, 0.3) is 22.3 Å². The van der Waals surface area contributed by atoms with E-state index in [4.69, 9.17) is 10.5 Å². The fourth-order valence-corrected chi connectivity index (χ4v) is 14.5. The molecule has 10 aromatic carbocycles. The Morgan fingerprint density at radius 3 is 1.49 bits per heavy atom. The molecule has 1 aliphatic carbocycles. The average Bonchev–Trinajstić information content (AvgIpc) is 3.63. The van der Waals surface area contributed by atoms with Gasteiger partial charge in [0.15, 0.2) is 0 Å². The van der Waals surface area contributed by atoms with Crippen LogP contribution >= 0.6 is 0 Å². The number of fused-ring (bicyclic) bond motifs is 9. The molecule has 0 bridgehead atoms. The van der Waals surface area contributed by atoms with E-state index >= 15 is 0 Å². The van der Waals surface area contributed by atoms with E-state index in [1.807, 2.05) is 0 Å². The van der Waals surface area contributed by atoms with Crippen LogP contribution in [0.1, 0.15) is 67.0 Å². The molecule has 5 aliphatic rings. The smallest absolute Gasteiger partial charge is 0.256 e. The third kappa shape index (κ3) is 6.80. The summed E-state index contributed by atoms with van der Waals surface area (Å²) in [5.41, 5.74) is 37.1. The molecular weight excluding hydrogens is 946 g/mol. The molecule has 0 saturated carbocycles. The van der Waals surface area contributed by atoms with Gasteiger partial charge in [-0.1, -0.05) is 135 Å². The van der Waals surface area contributed by atoms with Crippen LogP contribution in [0.3, 0.4) is 0 Å². The summed E-state index contributed by atoms with van der Waals surface area (Å²) in [5, 5.41) is 0. The van der Waals surface area contributed by atoms with E-state index in [0.717, 1.165) is 64.0 Å². The number of aryl methyl sites for hydroxylation is 4. The van der Waals surface area contributed by atoms with Gasteiger partial charge in [0.1, 0.15) is 11.5 Å². The maximum atomic E-state index is 7.35. The standard InChI is InChI=1S/C71H60B2N4O/c1-43-20-18-21-44(2)66(43)47-36-61-68-62(37-47)77(51-32-33-52-53(40-51)71(7,74)35-34-70(52,5)6)58-30-16-14-28-54(58)72(68)56-41-57-60(42-59(56)75(61)49-24-10-8-11-25-49)76(50-26-12-9-13-27-50)63-38-48(67-45(3)22-19-23-46(67)4)39-65-69(63)73(57)55-29-15-17-31-64(55)78-65/h8-33,36-42H,34-35,74H2,1-7H3. The Morgan fingerprint density at radius 1 is 0.385 bits per heavy atom. The molecule has 0 fully saturated rings. The van der Waals surface area contributed by atoms with E-state index in [-0.39, 0.29) is 18.8 Å². The highest BCUT2D eigenvalue weighted by Crippen LogP contribution is 2.52. The summed E-state index contributed by atoms with van der Waals surface area (Å²) in [4.78, 5) is 7.67. The lowest BCUT2D eigenvalue weighted by Gasteiger charge is -2.47. The topological polar surface area (TPSA) is 45.0 Å². The first-order valence-corrected chi connectivity index (χ1v) is 27.8. The van der Waals surface area contributed by atoms with Crippen molar-refractivity contribution in [2.45, 2.75) is 72.3 Å². The van der Waals surface area contributed by atoms with Crippen LogP contribution < -0.4 is 57.9 Å². The van der Waals surface area contributed by atoms with Crippen LogP contribution in [0.15, 0.2) is 200 Å². The van der Waals surface area contributed by atoms with E-state index in [1.165, 1.54) is 99.9 Å². The molecule has 0 radical (unpaired) electrons. The summed E-state index contributed by atoms with van der Waals surface area (Å²) < 4.78 is 7.14. The van der Waals surface area contributed by atoms with Crippen molar-refractivity contribution in [3.63, 3.8) is 0 Å². The number of anilines is 9. The van der Waals surface area contributed by atoms with Crippen molar-refractivity contribution < 1.29 is 4.74 Å². The van der Waals surface area contributed by atoms with Gasteiger partial charge in [0.05, 0.1) is 0 Å². The monoisotopic (exact) mass is 1010 g/mol. The molecule has 4 heterocycles. The lowest BCUT2D eigenvalue weighted by molar-refractivity contribution is 0.319. The lowest BCUT2D eigenvalue weighted by Crippen LogP contribution is -2.64. The van der Waals surface area contributed by atoms with E-state index in [0.29, 0.717) is 0 Å². The van der Waals surface area contributed by atoms with Gasteiger partial charge in [0.25, 0.3) is 13.4 Å². The molecule has 1 unspecified atom stereocenters. The quantitative estimate of drug-likeness (QED) is 0.174. The van der Waals surface area contributed by atoms with E-state index in [9.17, 15) is 0 Å². The molecule has 0 saturated heterocycles. The number of ether oxygens (including phenoxy) is 1. The fourth-order valence-electron chi connectivity index (χ4n) is 14.5. The SMILES string of the molecule is Cc1cccc(C)c1-c1cc2c3c(c1)N(c1ccccc1)c1cc4c(cc1B3c1ccccc1O2)B1c2ccccc2N(c2ccc3c(c2)C(C)(N)CCC3(C)C)c2cc(-c3c(C)cccc3C)cc(c21)N4c1ccccc1. The number of hydrogen-bond donors (Lipinski definition) is 1. The Labute approximate surface area is 459 Å². The molecule has 1 atom stereocenters. The zero-order valence-corrected chi connectivity index (χ0v) is 45.4. The van der Waals surface area contributed by atoms with Crippen LogP contribution in [-0.2, 0) is 11.0 Å². The molecule has 376 valence electrons. The minimum absolute atomic E-state index is 0.0166. The number of benzene rings is 10. The minimum atomic E-state index is -0.462. The van der Waals surface area contributed by atoms with E-state index in [2.05, 4.69) is 263 Å². The van der Waals surface area contributed by atoms with Gasteiger partial charge in [-0.3, -0.25) is 0 Å². The molecule has 0 aromatic heterocycles. The second-order valence-electron chi connectivity index (χ2n) is 23.6. The van der Waals surface area contributed by atoms with Crippen molar-refractivity contribution in [2.24, 2.45) is 5.73 Å². The molecule has 2 N–H and O–H groups in total. The fraction of sp³-hybridized carbons (Fsp3) is 0.155. The van der Waals surface area contributed by atoms with E-state index in [1.54, 1.807) is 0 Å². The van der Waals surface area contributed by atoms with Crippen LogP contribution in [0, 0.1) is 27.7 Å². The Bertz CT molecular complexity index is 4130. The van der Waals surface area contributed by atoms with Crippen molar-refractivity contribution in [3.05, 3.63) is 234 Å². The average molecular weight is 1010 g/mol. The first kappa shape index (κ1) is 46.8. The zero-order chi connectivity index (χ0) is 52.9. The Hall–Kier alpha value is -8.51. The summed E-state index contributed by atoms with van der Waals surface area (Å²) in [7, 11) is 0. The third-order valence-corrected chi connectivity index (χ3v) is 18.2. The predicted octanol–water partition coefficient (Wildman–Crippen LogP) is 14.0. The van der Waals surface area contributed by atoms with Crippen molar-refractivity contribution in [3.8, 4) is 33.8 Å². The minimum Gasteiger partial charge on any atom is -0.458 e. The number of rotatable bonds is 5. The second-order valence-corrected chi connectivity index (χ2v) is 23.6.